The molecule has 4 fully saturated rings. The van der Waals surface area contributed by atoms with E-state index in [1.54, 1.807) is 0 Å². The van der Waals surface area contributed by atoms with Gasteiger partial charge in [-0.2, -0.15) is 0 Å². The molecule has 2 aliphatic carbocycles. The van der Waals surface area contributed by atoms with Gasteiger partial charge in [0.25, 0.3) is 0 Å². The quantitative estimate of drug-likeness (QED) is 0.0996. The molecule has 0 spiro atoms. The number of carbonyl (C=O) groups is 4. The van der Waals surface area contributed by atoms with E-state index in [1.165, 1.54) is 21.6 Å². The molecule has 6 nitrogen and oxygen atoms in total. The van der Waals surface area contributed by atoms with E-state index >= 15 is 0 Å². The highest BCUT2D eigenvalue weighted by molar-refractivity contribution is 8.77. The summed E-state index contributed by atoms with van der Waals surface area (Å²) in [5.41, 5.74) is 0. The Labute approximate surface area is 297 Å². The van der Waals surface area contributed by atoms with E-state index in [1.807, 2.05) is 0 Å². The molecule has 2 heterocycles. The molecule has 40 heavy (non-hydrogen) atoms. The first-order valence-electron chi connectivity index (χ1n) is 11.5. The topological polar surface area (TPSA) is 74.8 Å². The molecule has 2 saturated heterocycles. The molecule has 0 bridgehead atoms. The van der Waals surface area contributed by atoms with Gasteiger partial charge in [-0.15, -0.1) is 69.6 Å². The molecule has 0 aromatic carbocycles. The van der Waals surface area contributed by atoms with Gasteiger partial charge in [0.05, 0.1) is 23.7 Å². The molecule has 4 aliphatic rings. The molecule has 0 radical (unpaired) electrons. The standard InChI is InChI=1S/C20H18Cl10N2O4S4/c21-9-1-5-7(15(35)31(13(5)33)39-19(27,28)17(23)24)3-11(9)37-38-12-4-8-6(2-10(12)22)14(34)32(16(8)36)40-20(29,30)18(25)26/h5-12,17-18H,1-4H2/t5-,6+,7-,8+,9-,10-,11+,12+/m0/s1. The van der Waals surface area contributed by atoms with Crippen LogP contribution in [0.3, 0.4) is 0 Å². The number of nitrogens with zero attached hydrogens (tertiary/aromatic N) is 2. The fourth-order valence-corrected chi connectivity index (χ4v) is 12.6. The van der Waals surface area contributed by atoms with Crippen LogP contribution in [-0.2, 0) is 19.2 Å². The Morgan fingerprint density at radius 3 is 1.12 bits per heavy atom. The highest BCUT2D eigenvalue weighted by atomic mass is 35.6. The summed E-state index contributed by atoms with van der Waals surface area (Å²) in [7, 11) is 2.93. The van der Waals surface area contributed by atoms with Crippen LogP contribution in [0, 0.1) is 23.7 Å². The number of alkyl halides is 10. The number of amides is 4. The Hall–Kier alpha value is 2.58. The molecule has 4 rings (SSSR count). The maximum absolute atomic E-state index is 13.1. The third-order valence-corrected chi connectivity index (χ3v) is 18.2. The van der Waals surface area contributed by atoms with Crippen molar-refractivity contribution >= 4 is 185 Å². The first-order chi connectivity index (χ1) is 18.5. The van der Waals surface area contributed by atoms with Crippen molar-refractivity contribution in [1.29, 1.82) is 0 Å². The second kappa shape index (κ2) is 13.7. The van der Waals surface area contributed by atoms with Gasteiger partial charge in [-0.25, -0.2) is 8.61 Å². The summed E-state index contributed by atoms with van der Waals surface area (Å²) in [6.45, 7) is 0. The van der Waals surface area contributed by atoms with Crippen LogP contribution in [0.5, 0.6) is 0 Å². The van der Waals surface area contributed by atoms with Crippen molar-refractivity contribution in [3.05, 3.63) is 0 Å². The van der Waals surface area contributed by atoms with Crippen molar-refractivity contribution in [3.8, 4) is 0 Å². The van der Waals surface area contributed by atoms with Crippen LogP contribution in [0.25, 0.3) is 0 Å². The SMILES string of the molecule is O=C1[C@H]2C[C@H](Cl)[C@H](SS[C@@H]3C[C@H]4C(=O)N(SC(Cl)(Cl)C(Cl)Cl)C(=O)[C@@H]4C[C@@H]3Cl)C[C@@H]2C(=O)N1SC(Cl)(Cl)C(Cl)Cl. The van der Waals surface area contributed by atoms with Gasteiger partial charge in [0.15, 0.2) is 9.67 Å². The second-order valence-electron chi connectivity index (χ2n) is 9.52. The fraction of sp³-hybridized carbons (Fsp3) is 0.800. The molecule has 20 heteroatoms. The molecular formula is C20H18Cl10N2O4S4. The normalized spacial score (nSPS) is 35.3. The maximum atomic E-state index is 13.1. The average molecular weight is 833 g/mol. The minimum absolute atomic E-state index is 0.188. The number of fused-ring (bicyclic) bond motifs is 2. The van der Waals surface area contributed by atoms with E-state index in [2.05, 4.69) is 0 Å². The second-order valence-corrected chi connectivity index (χ2v) is 21.6. The molecular weight excluding hydrogens is 815 g/mol. The van der Waals surface area contributed by atoms with Gasteiger partial charge in [0.2, 0.25) is 31.0 Å². The third kappa shape index (κ3) is 7.26. The Morgan fingerprint density at radius 2 is 0.850 bits per heavy atom. The molecule has 226 valence electrons. The molecule has 8 atom stereocenters. The lowest BCUT2D eigenvalue weighted by molar-refractivity contribution is -0.134. The lowest BCUT2D eigenvalue weighted by Gasteiger charge is -2.35. The van der Waals surface area contributed by atoms with E-state index in [9.17, 15) is 19.2 Å². The Bertz CT molecular complexity index is 979. The number of halogens is 10. The number of hydrogen-bond donors (Lipinski definition) is 0. The van der Waals surface area contributed by atoms with E-state index in [0.717, 1.165) is 8.61 Å². The largest absolute Gasteiger partial charge is 0.273 e. The average Bonchev–Trinajstić information content (AvgIpc) is 3.21. The van der Waals surface area contributed by atoms with Crippen molar-refractivity contribution in [2.75, 3.05) is 0 Å². The summed E-state index contributed by atoms with van der Waals surface area (Å²) >= 11 is 62.1. The van der Waals surface area contributed by atoms with Crippen molar-refractivity contribution in [3.63, 3.8) is 0 Å². The number of carbonyl (C=O) groups excluding carboxylic acids is 4. The van der Waals surface area contributed by atoms with Crippen molar-refractivity contribution < 1.29 is 19.2 Å². The zero-order valence-corrected chi connectivity index (χ0v) is 30.4. The molecule has 2 aliphatic heterocycles. The highest BCUT2D eigenvalue weighted by Crippen LogP contribution is 2.55. The lowest BCUT2D eigenvalue weighted by Crippen LogP contribution is -2.37. The maximum Gasteiger partial charge on any atom is 0.243 e. The summed E-state index contributed by atoms with van der Waals surface area (Å²) in [4.78, 5) is 49.7. The molecule has 0 unspecified atom stereocenters. The number of imide groups is 2. The lowest BCUT2D eigenvalue weighted by atomic mass is 9.80. The first kappa shape index (κ1) is 35.4. The summed E-state index contributed by atoms with van der Waals surface area (Å²) < 4.78 is -1.71. The highest BCUT2D eigenvalue weighted by Gasteiger charge is 2.57. The predicted octanol–water partition coefficient (Wildman–Crippen LogP) is 8.28. The van der Waals surface area contributed by atoms with E-state index < -0.39 is 75.1 Å². The van der Waals surface area contributed by atoms with Gasteiger partial charge < -0.3 is 0 Å². The Morgan fingerprint density at radius 1 is 0.575 bits per heavy atom. The van der Waals surface area contributed by atoms with Gasteiger partial charge in [-0.3, -0.25) is 19.2 Å². The molecule has 0 aromatic rings. The summed E-state index contributed by atoms with van der Waals surface area (Å²) in [5.74, 6) is -4.10. The smallest absolute Gasteiger partial charge is 0.243 e. The number of rotatable bonds is 9. The molecule has 0 N–H and O–H groups in total. The third-order valence-electron chi connectivity index (χ3n) is 7.02. The van der Waals surface area contributed by atoms with Crippen LogP contribution >= 0.6 is 161 Å². The zero-order chi connectivity index (χ0) is 29.9. The minimum atomic E-state index is -1.79. The Balaban J connectivity index is 1.38. The molecule has 2 saturated carbocycles. The predicted molar refractivity (Wildman–Crippen MR) is 173 cm³/mol. The van der Waals surface area contributed by atoms with Gasteiger partial charge in [0.1, 0.15) is 0 Å². The summed E-state index contributed by atoms with van der Waals surface area (Å²) in [6.07, 6.45) is 1.27. The van der Waals surface area contributed by atoms with E-state index in [-0.39, 0.29) is 23.3 Å². The van der Waals surface area contributed by atoms with E-state index in [4.69, 9.17) is 116 Å². The van der Waals surface area contributed by atoms with Crippen LogP contribution < -0.4 is 0 Å². The molecule has 4 amide bonds. The number of hydrogen-bond acceptors (Lipinski definition) is 8. The monoisotopic (exact) mass is 828 g/mol. The van der Waals surface area contributed by atoms with Crippen LogP contribution in [0.4, 0.5) is 0 Å². The summed E-state index contributed by atoms with van der Waals surface area (Å²) in [5, 5.41) is -1.19. The minimum Gasteiger partial charge on any atom is -0.273 e. The van der Waals surface area contributed by atoms with Crippen LogP contribution in [0.2, 0.25) is 0 Å². The van der Waals surface area contributed by atoms with Crippen molar-refractivity contribution in [1.82, 2.24) is 8.61 Å². The Kier molecular flexibility index (Phi) is 12.2. The fourth-order valence-electron chi connectivity index (χ4n) is 5.00. The van der Waals surface area contributed by atoms with Crippen LogP contribution in [0.15, 0.2) is 0 Å². The van der Waals surface area contributed by atoms with Gasteiger partial charge in [-0.05, 0) is 25.7 Å². The molecule has 0 aromatic heterocycles. The summed E-state index contributed by atoms with van der Waals surface area (Å²) in [6, 6.07) is 0. The van der Waals surface area contributed by atoms with Crippen molar-refractivity contribution in [2.24, 2.45) is 23.7 Å². The van der Waals surface area contributed by atoms with Crippen LogP contribution in [-0.4, -0.2) is 70.5 Å². The van der Waals surface area contributed by atoms with Gasteiger partial charge in [0, 0.05) is 45.1 Å². The van der Waals surface area contributed by atoms with E-state index in [0.29, 0.717) is 36.7 Å². The van der Waals surface area contributed by atoms with Crippen molar-refractivity contribution in [2.45, 2.75) is 63.9 Å². The van der Waals surface area contributed by atoms with Gasteiger partial charge >= 0.3 is 0 Å². The van der Waals surface area contributed by atoms with Gasteiger partial charge in [-0.1, -0.05) is 68.0 Å². The first-order valence-corrected chi connectivity index (χ1v) is 19.5. The van der Waals surface area contributed by atoms with Crippen LogP contribution in [0.1, 0.15) is 25.7 Å². The zero-order valence-electron chi connectivity index (χ0n) is 19.5.